The van der Waals surface area contributed by atoms with Crippen molar-refractivity contribution in [3.63, 3.8) is 0 Å². The van der Waals surface area contributed by atoms with Gasteiger partial charge in [-0.15, -0.1) is 0 Å². The van der Waals surface area contributed by atoms with Crippen LogP contribution in [0.5, 0.6) is 0 Å². The summed E-state index contributed by atoms with van der Waals surface area (Å²) in [5, 5.41) is 4.03. The minimum Gasteiger partial charge on any atom is -0.0622 e. The quantitative estimate of drug-likeness (QED) is 0.623. The Hall–Kier alpha value is -1.43. The molecule has 0 heterocycles. The molecule has 0 saturated heterocycles. The van der Waals surface area contributed by atoms with Gasteiger partial charge in [-0.3, -0.25) is 0 Å². The Kier molecular flexibility index (Phi) is 4.00. The standard InChI is InChI=1S/C18H15BrP/c19-20(16-10-4-1-5-11-16,17-12-6-2-7-13-17)18-14-8-3-9-15-18/h1-15H. The third-order valence-electron chi connectivity index (χ3n) is 3.34. The molecule has 0 atom stereocenters. The zero-order valence-corrected chi connectivity index (χ0v) is 13.5. The number of hydrogen-bond acceptors (Lipinski definition) is 0. The Labute approximate surface area is 128 Å². The van der Waals surface area contributed by atoms with Gasteiger partial charge >= 0.3 is 0 Å². The zero-order valence-electron chi connectivity index (χ0n) is 11.0. The van der Waals surface area contributed by atoms with Crippen LogP contribution in [-0.2, 0) is 0 Å². The molecular weight excluding hydrogens is 327 g/mol. The van der Waals surface area contributed by atoms with Crippen LogP contribution >= 0.6 is 21.5 Å². The van der Waals surface area contributed by atoms with Gasteiger partial charge in [-0.25, -0.2) is 0 Å². The predicted octanol–water partition coefficient (Wildman–Crippen LogP) is 4.29. The smallest absolute Gasteiger partial charge is 0.0186 e. The highest BCUT2D eigenvalue weighted by molar-refractivity contribution is 9.44. The molecule has 0 saturated carbocycles. The second-order valence-corrected chi connectivity index (χ2v) is 10.5. The lowest BCUT2D eigenvalue weighted by Gasteiger charge is -2.31. The summed E-state index contributed by atoms with van der Waals surface area (Å²) in [4.78, 5) is 0. The van der Waals surface area contributed by atoms with Crippen molar-refractivity contribution in [2.45, 2.75) is 0 Å². The fourth-order valence-corrected chi connectivity index (χ4v) is 7.12. The van der Waals surface area contributed by atoms with Crippen molar-refractivity contribution in [3.05, 3.63) is 91.0 Å². The van der Waals surface area contributed by atoms with E-state index in [1.165, 1.54) is 15.9 Å². The molecule has 0 fully saturated rings. The number of halogens is 1. The lowest BCUT2D eigenvalue weighted by atomic mass is 10.4. The van der Waals surface area contributed by atoms with Crippen LogP contribution in [0.25, 0.3) is 0 Å². The van der Waals surface area contributed by atoms with Crippen LogP contribution in [0, 0.1) is 0 Å². The summed E-state index contributed by atoms with van der Waals surface area (Å²) in [5.41, 5.74) is 0. The lowest BCUT2D eigenvalue weighted by Crippen LogP contribution is -2.26. The molecule has 0 unspecified atom stereocenters. The largest absolute Gasteiger partial charge is 0.0622 e. The lowest BCUT2D eigenvalue weighted by molar-refractivity contribution is 1.73. The molecule has 99 valence electrons. The van der Waals surface area contributed by atoms with Crippen LogP contribution in [0.2, 0.25) is 0 Å². The first-order chi connectivity index (χ1) is 9.82. The molecular formula is C18H15BrP. The molecule has 0 N–H and O–H groups in total. The van der Waals surface area contributed by atoms with Crippen LogP contribution in [-0.4, -0.2) is 0 Å². The Morgan fingerprint density at radius 1 is 0.450 bits per heavy atom. The average Bonchev–Trinajstić information content (AvgIpc) is 2.56. The molecule has 3 aromatic carbocycles. The van der Waals surface area contributed by atoms with Gasteiger partial charge in [0.15, 0.2) is 0 Å². The number of rotatable bonds is 3. The van der Waals surface area contributed by atoms with Crippen LogP contribution in [0.3, 0.4) is 0 Å². The molecule has 0 nitrogen and oxygen atoms in total. The second-order valence-electron chi connectivity index (χ2n) is 4.60. The highest BCUT2D eigenvalue weighted by atomic mass is 79.9. The number of hydrogen-bond donors (Lipinski definition) is 0. The maximum Gasteiger partial charge on any atom is 0.0186 e. The van der Waals surface area contributed by atoms with Gasteiger partial charge in [0.05, 0.1) is 0 Å². The topological polar surface area (TPSA) is 0 Å². The molecule has 0 amide bonds. The molecule has 20 heavy (non-hydrogen) atoms. The van der Waals surface area contributed by atoms with E-state index < -0.39 is 5.96 Å². The summed E-state index contributed by atoms with van der Waals surface area (Å²) in [5.74, 6) is -1.71. The Morgan fingerprint density at radius 2 is 0.700 bits per heavy atom. The normalized spacial score (nSPS) is 11.2. The summed E-state index contributed by atoms with van der Waals surface area (Å²) < 4.78 is 0. The van der Waals surface area contributed by atoms with Crippen LogP contribution in [0.15, 0.2) is 91.0 Å². The first-order valence-electron chi connectivity index (χ1n) is 6.57. The van der Waals surface area contributed by atoms with Gasteiger partial charge in [0.25, 0.3) is 0 Å². The fourth-order valence-electron chi connectivity index (χ4n) is 2.35. The predicted molar refractivity (Wildman–Crippen MR) is 94.1 cm³/mol. The van der Waals surface area contributed by atoms with E-state index in [0.29, 0.717) is 0 Å². The zero-order chi connectivity index (χ0) is 13.8. The van der Waals surface area contributed by atoms with E-state index in [4.69, 9.17) is 0 Å². The number of benzene rings is 3. The van der Waals surface area contributed by atoms with Gasteiger partial charge < -0.3 is 0 Å². The van der Waals surface area contributed by atoms with E-state index in [0.717, 1.165) is 0 Å². The Morgan fingerprint density at radius 3 is 0.950 bits per heavy atom. The summed E-state index contributed by atoms with van der Waals surface area (Å²) in [6.07, 6.45) is 0. The van der Waals surface area contributed by atoms with E-state index in [1.807, 2.05) is 0 Å². The molecule has 0 aliphatic heterocycles. The molecule has 0 aromatic heterocycles. The van der Waals surface area contributed by atoms with Gasteiger partial charge in [-0.2, -0.15) is 0 Å². The van der Waals surface area contributed by atoms with Crippen molar-refractivity contribution in [2.75, 3.05) is 0 Å². The molecule has 2 heteroatoms. The van der Waals surface area contributed by atoms with E-state index in [2.05, 4.69) is 106 Å². The summed E-state index contributed by atoms with van der Waals surface area (Å²) in [6.45, 7) is 0. The van der Waals surface area contributed by atoms with E-state index in [9.17, 15) is 0 Å². The van der Waals surface area contributed by atoms with Crippen molar-refractivity contribution in [2.24, 2.45) is 0 Å². The molecule has 3 rings (SSSR count). The minimum atomic E-state index is -1.71. The monoisotopic (exact) mass is 341 g/mol. The molecule has 3 aromatic rings. The fraction of sp³-hybridized carbons (Fsp3) is 0. The van der Waals surface area contributed by atoms with E-state index >= 15 is 0 Å². The molecule has 0 aliphatic rings. The summed E-state index contributed by atoms with van der Waals surface area (Å²) in [7, 11) is 0. The van der Waals surface area contributed by atoms with E-state index in [-0.39, 0.29) is 0 Å². The maximum atomic E-state index is 4.12. The molecule has 0 bridgehead atoms. The second kappa shape index (κ2) is 5.91. The minimum absolute atomic E-state index is 1.34. The SMILES string of the molecule is Br[P](c1ccccc1)(c1ccccc1)c1ccccc1. The maximum absolute atomic E-state index is 4.12. The summed E-state index contributed by atoms with van der Waals surface area (Å²) >= 11 is 4.12. The molecule has 0 spiro atoms. The van der Waals surface area contributed by atoms with E-state index in [1.54, 1.807) is 0 Å². The highest BCUT2D eigenvalue weighted by Gasteiger charge is 2.30. The van der Waals surface area contributed by atoms with Gasteiger partial charge in [-0.1, -0.05) is 106 Å². The van der Waals surface area contributed by atoms with Crippen LogP contribution in [0.1, 0.15) is 0 Å². The van der Waals surface area contributed by atoms with Crippen molar-refractivity contribution < 1.29 is 0 Å². The molecule has 1 radical (unpaired) electrons. The van der Waals surface area contributed by atoms with Gasteiger partial charge in [0, 0.05) is 5.96 Å². The average molecular weight is 342 g/mol. The summed E-state index contributed by atoms with van der Waals surface area (Å²) in [6, 6.07) is 32.1. The third kappa shape index (κ3) is 2.44. The van der Waals surface area contributed by atoms with Crippen molar-refractivity contribution in [1.29, 1.82) is 0 Å². The van der Waals surface area contributed by atoms with Gasteiger partial charge in [0.1, 0.15) is 0 Å². The van der Waals surface area contributed by atoms with Crippen molar-refractivity contribution in [3.8, 4) is 0 Å². The first kappa shape index (κ1) is 13.5. The van der Waals surface area contributed by atoms with Gasteiger partial charge in [0.2, 0.25) is 0 Å². The first-order valence-corrected chi connectivity index (χ1v) is 10.4. The van der Waals surface area contributed by atoms with Gasteiger partial charge in [-0.05, 0) is 15.9 Å². The third-order valence-corrected chi connectivity index (χ3v) is 10.1. The Balaban J connectivity index is 2.24. The highest BCUT2D eigenvalue weighted by Crippen LogP contribution is 2.62. The van der Waals surface area contributed by atoms with Crippen LogP contribution < -0.4 is 15.9 Å². The van der Waals surface area contributed by atoms with Crippen LogP contribution in [0.4, 0.5) is 0 Å². The van der Waals surface area contributed by atoms with Crippen molar-refractivity contribution in [1.82, 2.24) is 0 Å². The van der Waals surface area contributed by atoms with Crippen molar-refractivity contribution >= 4 is 37.4 Å². The molecule has 0 aliphatic carbocycles. The Bertz CT molecular complexity index is 569.